The van der Waals surface area contributed by atoms with Crippen LogP contribution in [0.3, 0.4) is 0 Å². The number of aromatic hydroxyl groups is 1. The lowest BCUT2D eigenvalue weighted by Crippen LogP contribution is -2.21. The van der Waals surface area contributed by atoms with Gasteiger partial charge in [0.1, 0.15) is 23.1 Å². The zero-order valence-electron chi connectivity index (χ0n) is 16.6. The minimum atomic E-state index is -4.06. The molecule has 0 unspecified atom stereocenters. The number of carbonyl (C=O) groups is 1. The number of carbonyl (C=O) groups excluding carboxylic acids is 1. The normalized spacial score (nSPS) is 11.0. The summed E-state index contributed by atoms with van der Waals surface area (Å²) in [6.07, 6.45) is 0. The molecule has 0 saturated carbocycles. The number of phenolic OH excluding ortho intramolecular Hbond substituents is 1. The van der Waals surface area contributed by atoms with Crippen LogP contribution in [0.15, 0.2) is 65.6 Å². The monoisotopic (exact) mass is 480 g/mol. The summed E-state index contributed by atoms with van der Waals surface area (Å²) >= 11 is 5.84. The minimum Gasteiger partial charge on any atom is -0.506 e. The van der Waals surface area contributed by atoms with Crippen molar-refractivity contribution < 1.29 is 32.2 Å². The fourth-order valence-corrected chi connectivity index (χ4v) is 3.95. The van der Waals surface area contributed by atoms with E-state index in [2.05, 4.69) is 10.0 Å². The van der Waals surface area contributed by atoms with Crippen molar-refractivity contribution in [3.63, 3.8) is 0 Å². The van der Waals surface area contributed by atoms with Gasteiger partial charge in [0, 0.05) is 0 Å². The zero-order chi connectivity index (χ0) is 23.3. The van der Waals surface area contributed by atoms with Crippen molar-refractivity contribution in [3.8, 4) is 17.2 Å². The van der Waals surface area contributed by atoms with Crippen molar-refractivity contribution in [2.45, 2.75) is 4.90 Å². The van der Waals surface area contributed by atoms with Gasteiger partial charge in [-0.3, -0.25) is 9.52 Å². The molecule has 0 aliphatic rings. The summed E-state index contributed by atoms with van der Waals surface area (Å²) in [5.74, 6) is -1.21. The summed E-state index contributed by atoms with van der Waals surface area (Å²) in [4.78, 5) is 12.0. The molecule has 0 fully saturated rings. The van der Waals surface area contributed by atoms with Gasteiger partial charge in [0.15, 0.2) is 6.61 Å². The van der Waals surface area contributed by atoms with Crippen molar-refractivity contribution in [1.82, 2.24) is 0 Å². The van der Waals surface area contributed by atoms with E-state index in [9.17, 15) is 22.7 Å². The van der Waals surface area contributed by atoms with Crippen LogP contribution in [0, 0.1) is 5.82 Å². The van der Waals surface area contributed by atoms with Crippen molar-refractivity contribution in [2.75, 3.05) is 23.8 Å². The second-order valence-electron chi connectivity index (χ2n) is 6.40. The Morgan fingerprint density at radius 1 is 1.06 bits per heavy atom. The highest BCUT2D eigenvalue weighted by atomic mass is 35.5. The Morgan fingerprint density at radius 2 is 1.81 bits per heavy atom. The van der Waals surface area contributed by atoms with Gasteiger partial charge in [-0.1, -0.05) is 23.7 Å². The Morgan fingerprint density at radius 3 is 2.53 bits per heavy atom. The van der Waals surface area contributed by atoms with E-state index in [1.54, 1.807) is 18.2 Å². The lowest BCUT2D eigenvalue weighted by Gasteiger charge is -2.14. The van der Waals surface area contributed by atoms with Crippen LogP contribution in [-0.2, 0) is 14.8 Å². The predicted octanol–water partition coefficient (Wildman–Crippen LogP) is 4.01. The second-order valence-corrected chi connectivity index (χ2v) is 8.49. The number of phenols is 1. The van der Waals surface area contributed by atoms with Crippen LogP contribution in [0.1, 0.15) is 0 Å². The first-order chi connectivity index (χ1) is 15.2. The highest BCUT2D eigenvalue weighted by Crippen LogP contribution is 2.30. The predicted molar refractivity (Wildman–Crippen MR) is 117 cm³/mol. The smallest absolute Gasteiger partial charge is 0.262 e. The van der Waals surface area contributed by atoms with Crippen molar-refractivity contribution in [1.29, 1.82) is 0 Å². The molecule has 3 N–H and O–H groups in total. The van der Waals surface area contributed by atoms with Crippen LogP contribution in [-0.4, -0.2) is 33.1 Å². The molecule has 168 valence electrons. The Bertz CT molecular complexity index is 1250. The molecule has 1 amide bonds. The molecule has 0 aromatic heterocycles. The Labute approximate surface area is 188 Å². The van der Waals surface area contributed by atoms with E-state index in [1.807, 2.05) is 0 Å². The minimum absolute atomic E-state index is 0.0175. The van der Waals surface area contributed by atoms with Crippen LogP contribution in [0.2, 0.25) is 5.02 Å². The molecule has 0 radical (unpaired) electrons. The molecule has 0 spiro atoms. The number of benzene rings is 3. The maximum absolute atomic E-state index is 13.1. The second kappa shape index (κ2) is 9.75. The number of methoxy groups -OCH3 is 1. The van der Waals surface area contributed by atoms with Gasteiger partial charge in [0.05, 0.1) is 28.4 Å². The molecule has 0 bridgehead atoms. The van der Waals surface area contributed by atoms with Gasteiger partial charge in [-0.2, -0.15) is 0 Å². The molecule has 11 heteroatoms. The number of rotatable bonds is 8. The first-order valence-corrected chi connectivity index (χ1v) is 10.9. The first kappa shape index (κ1) is 23.2. The number of ether oxygens (including phenoxy) is 2. The van der Waals surface area contributed by atoms with Gasteiger partial charge < -0.3 is 19.9 Å². The molecule has 0 atom stereocenters. The fourth-order valence-electron chi connectivity index (χ4n) is 2.64. The quantitative estimate of drug-likeness (QED) is 0.420. The highest BCUT2D eigenvalue weighted by molar-refractivity contribution is 7.92. The number of anilines is 2. The Balaban J connectivity index is 1.74. The molecule has 32 heavy (non-hydrogen) atoms. The number of amides is 1. The molecule has 0 aliphatic heterocycles. The van der Waals surface area contributed by atoms with Crippen LogP contribution < -0.4 is 19.5 Å². The molecule has 0 aliphatic carbocycles. The van der Waals surface area contributed by atoms with Crippen LogP contribution in [0.5, 0.6) is 17.2 Å². The Hall–Kier alpha value is -3.50. The largest absolute Gasteiger partial charge is 0.506 e. The molecular weight excluding hydrogens is 463 g/mol. The zero-order valence-corrected chi connectivity index (χ0v) is 18.2. The SMILES string of the molecule is COc1ccccc1NS(=O)(=O)c1ccc(O)c(NC(=O)COc2ccc(F)cc2Cl)c1. The summed E-state index contributed by atoms with van der Waals surface area (Å²) in [6.45, 7) is -0.513. The fraction of sp³-hybridized carbons (Fsp3) is 0.0952. The first-order valence-electron chi connectivity index (χ1n) is 9.06. The van der Waals surface area contributed by atoms with E-state index in [4.69, 9.17) is 21.1 Å². The van der Waals surface area contributed by atoms with E-state index in [1.165, 1.54) is 25.3 Å². The van der Waals surface area contributed by atoms with Gasteiger partial charge in [-0.05, 0) is 48.5 Å². The molecule has 3 rings (SSSR count). The average molecular weight is 481 g/mol. The molecular formula is C21H18ClFN2O6S. The number of sulfonamides is 1. The van der Waals surface area contributed by atoms with Gasteiger partial charge in [0.2, 0.25) is 0 Å². The van der Waals surface area contributed by atoms with E-state index in [0.717, 1.165) is 24.3 Å². The third kappa shape index (κ3) is 5.59. The van der Waals surface area contributed by atoms with E-state index in [-0.39, 0.29) is 32.8 Å². The number of para-hydroxylation sites is 2. The average Bonchev–Trinajstić information content (AvgIpc) is 2.74. The maximum atomic E-state index is 13.1. The summed E-state index contributed by atoms with van der Waals surface area (Å²) < 4.78 is 51.4. The maximum Gasteiger partial charge on any atom is 0.262 e. The lowest BCUT2D eigenvalue weighted by atomic mass is 10.3. The third-order valence-corrected chi connectivity index (χ3v) is 5.81. The molecule has 0 heterocycles. The lowest BCUT2D eigenvalue weighted by molar-refractivity contribution is -0.118. The Kier molecular flexibility index (Phi) is 7.06. The van der Waals surface area contributed by atoms with Crippen molar-refractivity contribution in [2.24, 2.45) is 0 Å². The summed E-state index contributed by atoms with van der Waals surface area (Å²) in [5.41, 5.74) is 0.0740. The molecule has 0 saturated heterocycles. The van der Waals surface area contributed by atoms with E-state index < -0.39 is 28.4 Å². The van der Waals surface area contributed by atoms with Gasteiger partial charge in [-0.25, -0.2) is 12.8 Å². The summed E-state index contributed by atoms with van der Waals surface area (Å²) in [6, 6.07) is 13.3. The standard InChI is InChI=1S/C21H18ClFN2O6S/c1-30-20-5-3-2-4-16(20)25-32(28,29)14-7-8-18(26)17(11-14)24-21(27)12-31-19-9-6-13(23)10-15(19)22/h2-11,25-26H,12H2,1H3,(H,24,27). The van der Waals surface area contributed by atoms with E-state index in [0.29, 0.717) is 5.75 Å². The number of hydrogen-bond donors (Lipinski definition) is 3. The van der Waals surface area contributed by atoms with Crippen molar-refractivity contribution >= 4 is 38.9 Å². The molecule has 8 nitrogen and oxygen atoms in total. The van der Waals surface area contributed by atoms with Crippen LogP contribution in [0.25, 0.3) is 0 Å². The van der Waals surface area contributed by atoms with Crippen molar-refractivity contribution in [3.05, 3.63) is 71.5 Å². The van der Waals surface area contributed by atoms with Crippen LogP contribution >= 0.6 is 11.6 Å². The number of halogens is 2. The highest BCUT2D eigenvalue weighted by Gasteiger charge is 2.19. The van der Waals surface area contributed by atoms with Gasteiger partial charge >= 0.3 is 0 Å². The van der Waals surface area contributed by atoms with Crippen LogP contribution in [0.4, 0.5) is 15.8 Å². The van der Waals surface area contributed by atoms with Gasteiger partial charge in [0.25, 0.3) is 15.9 Å². The van der Waals surface area contributed by atoms with Gasteiger partial charge in [-0.15, -0.1) is 0 Å². The molecule has 3 aromatic carbocycles. The number of nitrogens with one attached hydrogen (secondary N) is 2. The third-order valence-electron chi connectivity index (χ3n) is 4.16. The summed E-state index contributed by atoms with van der Waals surface area (Å²) in [7, 11) is -2.66. The number of hydrogen-bond acceptors (Lipinski definition) is 6. The van der Waals surface area contributed by atoms with E-state index >= 15 is 0 Å². The molecule has 3 aromatic rings. The summed E-state index contributed by atoms with van der Waals surface area (Å²) in [5, 5.41) is 12.4. The topological polar surface area (TPSA) is 114 Å².